The first kappa shape index (κ1) is 29.6. The van der Waals surface area contributed by atoms with Crippen molar-refractivity contribution in [1.82, 2.24) is 0 Å². The lowest BCUT2D eigenvalue weighted by Gasteiger charge is -2.30. The van der Waals surface area contributed by atoms with Gasteiger partial charge in [0.2, 0.25) is 0 Å². The maximum atomic E-state index is 6.47. The van der Waals surface area contributed by atoms with Crippen LogP contribution in [0.25, 0.3) is 38.6 Å². The molecule has 10 rings (SSSR count). The van der Waals surface area contributed by atoms with Crippen LogP contribution >= 0.6 is 0 Å². The van der Waals surface area contributed by atoms with E-state index in [4.69, 9.17) is 4.42 Å². The molecule has 0 amide bonds. The summed E-state index contributed by atoms with van der Waals surface area (Å²) in [6.45, 7) is 0. The fourth-order valence-corrected chi connectivity index (χ4v) is 8.20. The fraction of sp³-hybridized carbons (Fsp3) is 0.0833. The summed E-state index contributed by atoms with van der Waals surface area (Å²) >= 11 is 0. The monoisotopic (exact) mass is 656 g/mol. The average molecular weight is 657 g/mol. The maximum Gasteiger partial charge on any atom is 0.143 e. The zero-order valence-electron chi connectivity index (χ0n) is 28.2. The van der Waals surface area contributed by atoms with Gasteiger partial charge in [0.05, 0.1) is 6.04 Å². The van der Waals surface area contributed by atoms with Crippen molar-refractivity contribution in [3.63, 3.8) is 0 Å². The van der Waals surface area contributed by atoms with Crippen LogP contribution in [0.3, 0.4) is 0 Å². The van der Waals surface area contributed by atoms with Crippen LogP contribution < -0.4 is 9.80 Å². The minimum absolute atomic E-state index is 0.281. The van der Waals surface area contributed by atoms with Gasteiger partial charge in [0, 0.05) is 50.7 Å². The number of allylic oxidation sites excluding steroid dienone is 6. The Morgan fingerprint density at radius 2 is 1.35 bits per heavy atom. The Morgan fingerprint density at radius 3 is 2.18 bits per heavy atom. The normalized spacial score (nSPS) is 17.5. The van der Waals surface area contributed by atoms with Crippen LogP contribution in [0.4, 0.5) is 28.4 Å². The van der Waals surface area contributed by atoms with Gasteiger partial charge in [-0.15, -0.1) is 0 Å². The van der Waals surface area contributed by atoms with Gasteiger partial charge < -0.3 is 14.2 Å². The Kier molecular flexibility index (Phi) is 7.09. The minimum Gasteiger partial charge on any atom is -0.455 e. The van der Waals surface area contributed by atoms with Gasteiger partial charge in [-0.3, -0.25) is 0 Å². The third-order valence-electron chi connectivity index (χ3n) is 10.6. The smallest absolute Gasteiger partial charge is 0.143 e. The Labute approximate surface area is 298 Å². The summed E-state index contributed by atoms with van der Waals surface area (Å²) in [6, 6.07) is 50.7. The van der Waals surface area contributed by atoms with Gasteiger partial charge in [-0.25, -0.2) is 0 Å². The number of hydrogen-bond acceptors (Lipinski definition) is 3. The molecule has 2 atom stereocenters. The number of rotatable bonds is 6. The van der Waals surface area contributed by atoms with Crippen molar-refractivity contribution in [2.24, 2.45) is 0 Å². The summed E-state index contributed by atoms with van der Waals surface area (Å²) in [5.74, 6) is 0.368. The number of hydrogen-bond donors (Lipinski definition) is 0. The van der Waals surface area contributed by atoms with Crippen molar-refractivity contribution >= 4 is 55.9 Å². The zero-order valence-corrected chi connectivity index (χ0v) is 28.2. The predicted octanol–water partition coefficient (Wildman–Crippen LogP) is 13.2. The largest absolute Gasteiger partial charge is 0.455 e. The third-order valence-corrected chi connectivity index (χ3v) is 10.6. The maximum absolute atomic E-state index is 6.47. The Bertz CT molecular complexity index is 2530. The van der Waals surface area contributed by atoms with E-state index in [-0.39, 0.29) is 6.04 Å². The number of para-hydroxylation sites is 3. The molecule has 3 aliphatic rings. The molecule has 1 aromatic heterocycles. The van der Waals surface area contributed by atoms with Crippen molar-refractivity contribution in [2.75, 3.05) is 9.80 Å². The average Bonchev–Trinajstić information content (AvgIpc) is 3.75. The molecule has 2 heterocycles. The van der Waals surface area contributed by atoms with Crippen LogP contribution in [-0.4, -0.2) is 6.04 Å². The van der Waals surface area contributed by atoms with Crippen LogP contribution in [0.5, 0.6) is 0 Å². The molecule has 0 saturated carbocycles. The van der Waals surface area contributed by atoms with Crippen molar-refractivity contribution in [2.45, 2.75) is 24.8 Å². The highest BCUT2D eigenvalue weighted by Gasteiger charge is 2.37. The lowest BCUT2D eigenvalue weighted by Crippen LogP contribution is -2.28. The van der Waals surface area contributed by atoms with E-state index >= 15 is 0 Å². The molecule has 1 aliphatic heterocycles. The van der Waals surface area contributed by atoms with Crippen molar-refractivity contribution < 1.29 is 4.42 Å². The summed E-state index contributed by atoms with van der Waals surface area (Å²) < 4.78 is 6.47. The highest BCUT2D eigenvalue weighted by molar-refractivity contribution is 6.09. The Hall–Kier alpha value is -6.32. The van der Waals surface area contributed by atoms with Crippen LogP contribution in [-0.2, 0) is 0 Å². The van der Waals surface area contributed by atoms with Gasteiger partial charge in [0.1, 0.15) is 11.2 Å². The first-order valence-electron chi connectivity index (χ1n) is 17.9. The van der Waals surface area contributed by atoms with Crippen molar-refractivity contribution in [3.05, 3.63) is 193 Å². The molecular formula is C48H36N2O. The number of fused-ring (bicyclic) bond motifs is 6. The quantitative estimate of drug-likeness (QED) is 0.178. The molecule has 3 nitrogen and oxygen atoms in total. The van der Waals surface area contributed by atoms with Gasteiger partial charge in [-0.2, -0.15) is 0 Å². The van der Waals surface area contributed by atoms with Gasteiger partial charge in [-0.05, 0) is 102 Å². The van der Waals surface area contributed by atoms with Gasteiger partial charge in [-0.1, -0.05) is 115 Å². The second-order valence-corrected chi connectivity index (χ2v) is 13.6. The molecule has 0 bridgehead atoms. The SMILES string of the molecule is C1=CC2c3ccccc3N(c3ccc(N(c4ccccc4)c4ccc(-c5ccc6oc7c(C8=CCCC=C8)cccc7c6c5)cc4)cc3)C2C=C1. The topological polar surface area (TPSA) is 19.6 Å². The van der Waals surface area contributed by atoms with Gasteiger partial charge >= 0.3 is 0 Å². The molecule has 0 spiro atoms. The molecule has 7 aromatic rings. The number of nitrogens with zero attached hydrogens (tertiary/aromatic N) is 2. The highest BCUT2D eigenvalue weighted by Crippen LogP contribution is 2.48. The van der Waals surface area contributed by atoms with Crippen LogP contribution in [0.15, 0.2) is 186 Å². The molecule has 51 heavy (non-hydrogen) atoms. The Morgan fingerprint density at radius 1 is 0.608 bits per heavy atom. The minimum atomic E-state index is 0.281. The summed E-state index contributed by atoms with van der Waals surface area (Å²) in [5.41, 5.74) is 13.8. The lowest BCUT2D eigenvalue weighted by molar-refractivity contribution is 0.668. The highest BCUT2D eigenvalue weighted by atomic mass is 16.3. The number of benzene rings is 6. The predicted molar refractivity (Wildman–Crippen MR) is 214 cm³/mol. The summed E-state index contributed by atoms with van der Waals surface area (Å²) in [4.78, 5) is 4.82. The second-order valence-electron chi connectivity index (χ2n) is 13.6. The molecule has 0 saturated heterocycles. The van der Waals surface area contributed by atoms with E-state index in [2.05, 4.69) is 192 Å². The van der Waals surface area contributed by atoms with E-state index in [0.717, 1.165) is 57.4 Å². The number of furan rings is 1. The third kappa shape index (κ3) is 5.04. The standard InChI is InChI=1S/C48H36N2O/c1-3-12-34(13-4-1)40-18-11-19-43-44-32-35(24-31-47(44)51-48(40)43)33-22-25-37(26-23-33)49(36-14-5-2-6-15-36)38-27-29-39(30-28-38)50-45-20-9-7-16-41(45)42-17-8-10-21-46(42)50/h2-3,5-32,41,45H,1,4H2. The fourth-order valence-electron chi connectivity index (χ4n) is 8.20. The van der Waals surface area contributed by atoms with Crippen LogP contribution in [0.2, 0.25) is 0 Å². The van der Waals surface area contributed by atoms with Crippen molar-refractivity contribution in [1.29, 1.82) is 0 Å². The number of anilines is 5. The molecule has 2 unspecified atom stereocenters. The summed E-state index contributed by atoms with van der Waals surface area (Å²) in [7, 11) is 0. The van der Waals surface area contributed by atoms with Crippen molar-refractivity contribution in [3.8, 4) is 11.1 Å². The Balaban J connectivity index is 0.987. The van der Waals surface area contributed by atoms with Gasteiger partial charge in [0.25, 0.3) is 0 Å². The molecule has 6 aromatic carbocycles. The van der Waals surface area contributed by atoms with E-state index in [0.29, 0.717) is 5.92 Å². The molecule has 0 radical (unpaired) electrons. The van der Waals surface area contributed by atoms with E-state index in [1.807, 2.05) is 0 Å². The van der Waals surface area contributed by atoms with Crippen LogP contribution in [0, 0.1) is 0 Å². The molecule has 0 N–H and O–H groups in total. The molecule has 3 heteroatoms. The first-order chi connectivity index (χ1) is 25.3. The molecule has 0 fully saturated rings. The second kappa shape index (κ2) is 12.2. The summed E-state index contributed by atoms with van der Waals surface area (Å²) in [6.07, 6.45) is 18.0. The molecule has 244 valence electrons. The molecular weight excluding hydrogens is 621 g/mol. The first-order valence-corrected chi connectivity index (χ1v) is 17.9. The molecule has 2 aliphatic carbocycles. The van der Waals surface area contributed by atoms with Gasteiger partial charge in [0.15, 0.2) is 0 Å². The summed E-state index contributed by atoms with van der Waals surface area (Å²) in [5, 5.41) is 2.30. The zero-order chi connectivity index (χ0) is 33.7. The lowest BCUT2D eigenvalue weighted by atomic mass is 9.91. The van der Waals surface area contributed by atoms with Crippen LogP contribution in [0.1, 0.15) is 29.9 Å². The van der Waals surface area contributed by atoms with E-state index in [1.54, 1.807) is 0 Å². The van der Waals surface area contributed by atoms with E-state index in [9.17, 15) is 0 Å². The van der Waals surface area contributed by atoms with E-state index in [1.165, 1.54) is 33.6 Å². The van der Waals surface area contributed by atoms with E-state index < -0.39 is 0 Å².